The number of rotatable bonds is 7. The number of nitrogens with zero attached hydrogens (tertiary/aromatic N) is 3. The van der Waals surface area contributed by atoms with Crippen molar-refractivity contribution >= 4 is 23.1 Å². The smallest absolute Gasteiger partial charge is 0.407 e. The minimum atomic E-state index is -0.970. The third-order valence-corrected chi connectivity index (χ3v) is 8.79. The Morgan fingerprint density at radius 3 is 2.70 bits per heavy atom. The minimum Gasteiger partial charge on any atom is -0.496 e. The summed E-state index contributed by atoms with van der Waals surface area (Å²) < 4.78 is 23.5. The van der Waals surface area contributed by atoms with Gasteiger partial charge in [0.1, 0.15) is 34.9 Å². The number of fused-ring (bicyclic) bond motifs is 2. The summed E-state index contributed by atoms with van der Waals surface area (Å²) in [6, 6.07) is 16.6. The lowest BCUT2D eigenvalue weighted by Crippen LogP contribution is -2.43. The van der Waals surface area contributed by atoms with Crippen LogP contribution in [0.2, 0.25) is 0 Å². The van der Waals surface area contributed by atoms with Gasteiger partial charge < -0.3 is 34.0 Å². The summed E-state index contributed by atoms with van der Waals surface area (Å²) >= 11 is 0. The number of likely N-dealkylation sites (tertiary alicyclic amines) is 1. The number of carbonyl (C=O) groups is 2. The summed E-state index contributed by atoms with van der Waals surface area (Å²) in [5.74, 6) is 1.36. The highest BCUT2D eigenvalue weighted by molar-refractivity contribution is 5.97. The molecule has 2 aromatic carbocycles. The lowest BCUT2D eigenvalue weighted by atomic mass is 10.0. The molecule has 44 heavy (non-hydrogen) atoms. The molecular weight excluding hydrogens is 564 g/mol. The van der Waals surface area contributed by atoms with Crippen LogP contribution >= 0.6 is 0 Å². The molecule has 2 amide bonds. The van der Waals surface area contributed by atoms with E-state index in [0.717, 1.165) is 30.4 Å². The third kappa shape index (κ3) is 4.97. The summed E-state index contributed by atoms with van der Waals surface area (Å²) in [4.78, 5) is 30.4. The van der Waals surface area contributed by atoms with Crippen LogP contribution in [-0.4, -0.2) is 72.0 Å². The number of methoxy groups -OCH3 is 1. The molecule has 0 unspecified atom stereocenters. The first-order chi connectivity index (χ1) is 21.4. The summed E-state index contributed by atoms with van der Waals surface area (Å²) in [5, 5.41) is 22.2. The molecule has 2 aliphatic heterocycles. The maximum Gasteiger partial charge on any atom is 0.407 e. The minimum absolute atomic E-state index is 0.0183. The number of nitrogens with one attached hydrogen (secondary N) is 1. The van der Waals surface area contributed by atoms with Gasteiger partial charge >= 0.3 is 6.09 Å². The van der Waals surface area contributed by atoms with Gasteiger partial charge in [0, 0.05) is 55.2 Å². The van der Waals surface area contributed by atoms with Gasteiger partial charge in [0.15, 0.2) is 5.58 Å². The van der Waals surface area contributed by atoms with Crippen LogP contribution in [0.1, 0.15) is 35.2 Å². The molecule has 4 aromatic rings. The van der Waals surface area contributed by atoms with Crippen molar-refractivity contribution in [3.8, 4) is 40.0 Å². The zero-order valence-corrected chi connectivity index (χ0v) is 24.0. The number of hydrogen-bond donors (Lipinski definition) is 2. The van der Waals surface area contributed by atoms with E-state index in [1.54, 1.807) is 30.5 Å². The molecule has 0 radical (unpaired) electrons. The molecule has 4 heterocycles. The second kappa shape index (κ2) is 10.9. The van der Waals surface area contributed by atoms with Crippen LogP contribution in [0.15, 0.2) is 59.1 Å². The Morgan fingerprint density at radius 1 is 1.11 bits per heavy atom. The maximum absolute atomic E-state index is 13.2. The molecule has 2 atom stereocenters. The van der Waals surface area contributed by atoms with Gasteiger partial charge in [0.05, 0.1) is 37.0 Å². The molecule has 7 rings (SSSR count). The van der Waals surface area contributed by atoms with Gasteiger partial charge in [0.25, 0.3) is 5.91 Å². The quantitative estimate of drug-likeness (QED) is 0.299. The number of nitriles is 1. The van der Waals surface area contributed by atoms with Crippen molar-refractivity contribution in [2.45, 2.75) is 30.9 Å². The van der Waals surface area contributed by atoms with Crippen LogP contribution < -0.4 is 14.8 Å². The van der Waals surface area contributed by atoms with Crippen molar-refractivity contribution in [1.29, 1.82) is 5.26 Å². The first kappa shape index (κ1) is 27.7. The number of carbonyl (C=O) groups excluding carboxylic acids is 1. The third-order valence-electron chi connectivity index (χ3n) is 8.79. The average molecular weight is 595 g/mol. The van der Waals surface area contributed by atoms with Crippen LogP contribution in [0.3, 0.4) is 0 Å². The molecule has 3 aliphatic rings. The average Bonchev–Trinajstić information content (AvgIpc) is 3.34. The second-order valence-corrected chi connectivity index (χ2v) is 11.5. The normalized spacial score (nSPS) is 21.0. The van der Waals surface area contributed by atoms with Crippen molar-refractivity contribution in [2.75, 3.05) is 33.4 Å². The largest absolute Gasteiger partial charge is 0.496 e. The summed E-state index contributed by atoms with van der Waals surface area (Å²) in [6.07, 6.45) is 3.09. The highest BCUT2D eigenvalue weighted by Gasteiger charge is 2.62. The van der Waals surface area contributed by atoms with Crippen LogP contribution in [-0.2, 0) is 4.74 Å². The number of pyridine rings is 1. The lowest BCUT2D eigenvalue weighted by Gasteiger charge is -2.23. The molecule has 1 saturated carbocycles. The van der Waals surface area contributed by atoms with E-state index in [9.17, 15) is 20.0 Å². The van der Waals surface area contributed by atoms with E-state index in [1.165, 1.54) is 12.0 Å². The zero-order chi connectivity index (χ0) is 30.4. The monoisotopic (exact) mass is 594 g/mol. The Morgan fingerprint density at radius 2 is 1.95 bits per heavy atom. The standard InChI is InChI=1S/C33H30N4O7/c1-41-28-13-20(31(38)36-33-15-22(33)17-37(18-33)32(39)40)2-4-25(28)29-14-26-30(44-29)24(6-9-35-26)19-3-5-27(21(12-19)16-34)43-23-7-10-42-11-8-23/h2-6,9,12-14,22-23H,7-8,10-11,15,17-18H2,1H3,(H,36,38)(H,39,40)/t22-,33-/m1/s1. The number of aromatic nitrogens is 1. The molecule has 2 aromatic heterocycles. The molecule has 2 saturated heterocycles. The van der Waals surface area contributed by atoms with E-state index in [-0.39, 0.29) is 17.9 Å². The van der Waals surface area contributed by atoms with Crippen molar-refractivity contribution in [1.82, 2.24) is 15.2 Å². The van der Waals surface area contributed by atoms with Crippen molar-refractivity contribution in [3.63, 3.8) is 0 Å². The van der Waals surface area contributed by atoms with E-state index in [2.05, 4.69) is 16.4 Å². The molecule has 3 fully saturated rings. The fraction of sp³-hybridized carbons (Fsp3) is 0.333. The molecular formula is C33H30N4O7. The lowest BCUT2D eigenvalue weighted by molar-refractivity contribution is 0.0254. The number of carboxylic acid groups (broad SMARTS) is 1. The Balaban J connectivity index is 1.15. The van der Waals surface area contributed by atoms with E-state index in [0.29, 0.717) is 71.4 Å². The fourth-order valence-electron chi connectivity index (χ4n) is 6.32. The second-order valence-electron chi connectivity index (χ2n) is 11.5. The van der Waals surface area contributed by atoms with E-state index < -0.39 is 11.6 Å². The highest BCUT2D eigenvalue weighted by atomic mass is 16.5. The van der Waals surface area contributed by atoms with Crippen molar-refractivity contribution in [3.05, 3.63) is 65.9 Å². The topological polar surface area (TPSA) is 147 Å². The summed E-state index contributed by atoms with van der Waals surface area (Å²) in [6.45, 7) is 2.03. The van der Waals surface area contributed by atoms with Gasteiger partial charge in [-0.25, -0.2) is 4.79 Å². The molecule has 11 heteroatoms. The molecule has 11 nitrogen and oxygen atoms in total. The zero-order valence-electron chi connectivity index (χ0n) is 24.0. The van der Waals surface area contributed by atoms with Crippen molar-refractivity contribution < 1.29 is 33.3 Å². The summed E-state index contributed by atoms with van der Waals surface area (Å²) in [7, 11) is 1.53. The van der Waals surface area contributed by atoms with Gasteiger partial charge in [-0.05, 0) is 48.4 Å². The Kier molecular flexibility index (Phi) is 6.86. The number of hydrogen-bond acceptors (Lipinski definition) is 8. The number of furan rings is 1. The highest BCUT2D eigenvalue weighted by Crippen LogP contribution is 2.49. The predicted molar refractivity (Wildman–Crippen MR) is 159 cm³/mol. The van der Waals surface area contributed by atoms with E-state index >= 15 is 0 Å². The van der Waals surface area contributed by atoms with Crippen LogP contribution in [0.5, 0.6) is 11.5 Å². The number of benzene rings is 2. The number of piperidine rings is 1. The molecule has 0 bridgehead atoms. The molecule has 0 spiro atoms. The fourth-order valence-corrected chi connectivity index (χ4v) is 6.32. The van der Waals surface area contributed by atoms with Crippen LogP contribution in [0.25, 0.3) is 33.6 Å². The van der Waals surface area contributed by atoms with Gasteiger partial charge in [-0.1, -0.05) is 6.07 Å². The van der Waals surface area contributed by atoms with Crippen molar-refractivity contribution in [2.24, 2.45) is 5.92 Å². The molecule has 2 N–H and O–H groups in total. The molecule has 1 aliphatic carbocycles. The van der Waals surface area contributed by atoms with E-state index in [1.807, 2.05) is 24.3 Å². The Bertz CT molecular complexity index is 1820. The van der Waals surface area contributed by atoms with Gasteiger partial charge in [-0.15, -0.1) is 0 Å². The Hall–Kier alpha value is -5.08. The maximum atomic E-state index is 13.2. The van der Waals surface area contributed by atoms with E-state index in [4.69, 9.17) is 18.6 Å². The Labute approximate surface area is 252 Å². The molecule has 224 valence electrons. The number of ether oxygens (including phenoxy) is 3. The van der Waals surface area contributed by atoms with Gasteiger partial charge in [-0.2, -0.15) is 5.26 Å². The predicted octanol–water partition coefficient (Wildman–Crippen LogP) is 5.08. The van der Waals surface area contributed by atoms with Crippen LogP contribution in [0.4, 0.5) is 4.79 Å². The first-order valence-electron chi connectivity index (χ1n) is 14.5. The summed E-state index contributed by atoms with van der Waals surface area (Å²) in [5.41, 5.74) is 3.74. The van der Waals surface area contributed by atoms with Gasteiger partial charge in [0.2, 0.25) is 0 Å². The SMILES string of the molecule is COc1cc(C(=O)N[C@@]23C[C@@H]2CN(C(=O)O)C3)ccc1-c1cc2nccc(-c3ccc(OC4CCOCC4)c(C#N)c3)c2o1. The first-order valence-corrected chi connectivity index (χ1v) is 14.5. The van der Waals surface area contributed by atoms with Crippen LogP contribution in [0, 0.1) is 17.2 Å². The van der Waals surface area contributed by atoms with Gasteiger partial charge in [-0.3, -0.25) is 9.78 Å². The number of amides is 2.